The molecule has 0 aromatic carbocycles. The van der Waals surface area contributed by atoms with E-state index >= 15 is 0 Å². The number of carbonyl (C=O) groups excluding carboxylic acids is 2. The van der Waals surface area contributed by atoms with E-state index < -0.39 is 17.7 Å². The second kappa shape index (κ2) is 8.09. The second-order valence-electron chi connectivity index (χ2n) is 6.67. The molecule has 0 bridgehead atoms. The van der Waals surface area contributed by atoms with Crippen LogP contribution in [0.15, 0.2) is 54.6 Å². The number of aromatic nitrogens is 2. The highest BCUT2D eigenvalue weighted by molar-refractivity contribution is 6.46. The first-order valence-electron chi connectivity index (χ1n) is 8.74. The lowest BCUT2D eigenvalue weighted by Gasteiger charge is -2.25. The quantitative estimate of drug-likeness (QED) is 0.477. The van der Waals surface area contributed by atoms with Gasteiger partial charge in [0.05, 0.1) is 11.6 Å². The predicted molar refractivity (Wildman–Crippen MR) is 101 cm³/mol. The minimum absolute atomic E-state index is 0.0993. The number of aliphatic hydroxyl groups excluding tert-OH is 1. The van der Waals surface area contributed by atoms with Crippen molar-refractivity contribution in [2.24, 2.45) is 0 Å². The summed E-state index contributed by atoms with van der Waals surface area (Å²) >= 11 is 0. The molecule has 1 saturated heterocycles. The molecule has 0 aliphatic carbocycles. The van der Waals surface area contributed by atoms with Gasteiger partial charge >= 0.3 is 0 Å². The van der Waals surface area contributed by atoms with Crippen LogP contribution in [-0.4, -0.2) is 63.7 Å². The lowest BCUT2D eigenvalue weighted by molar-refractivity contribution is -0.139. The van der Waals surface area contributed by atoms with Gasteiger partial charge in [0.15, 0.2) is 0 Å². The molecule has 3 heterocycles. The number of hydrogen-bond donors (Lipinski definition) is 1. The van der Waals surface area contributed by atoms with Crippen LogP contribution in [0.1, 0.15) is 23.6 Å². The molecule has 3 rings (SSSR count). The molecule has 2 aromatic rings. The van der Waals surface area contributed by atoms with Crippen molar-refractivity contribution < 1.29 is 14.7 Å². The summed E-state index contributed by atoms with van der Waals surface area (Å²) in [5.41, 5.74) is 1.29. The van der Waals surface area contributed by atoms with E-state index in [4.69, 9.17) is 0 Å². The average Bonchev–Trinajstić information content (AvgIpc) is 2.93. The van der Waals surface area contributed by atoms with E-state index in [0.29, 0.717) is 12.1 Å². The summed E-state index contributed by atoms with van der Waals surface area (Å²) in [5.74, 6) is -1.45. The van der Waals surface area contributed by atoms with Crippen LogP contribution in [0.5, 0.6) is 0 Å². The molecule has 1 atom stereocenters. The summed E-state index contributed by atoms with van der Waals surface area (Å²) in [6.45, 7) is 1.21. The van der Waals surface area contributed by atoms with Crippen LogP contribution in [-0.2, 0) is 9.59 Å². The molecule has 0 saturated carbocycles. The van der Waals surface area contributed by atoms with E-state index in [1.165, 1.54) is 17.3 Å². The summed E-state index contributed by atoms with van der Waals surface area (Å²) in [4.78, 5) is 37.0. The number of aliphatic hydroxyl groups is 1. The number of likely N-dealkylation sites (tertiary alicyclic amines) is 1. The summed E-state index contributed by atoms with van der Waals surface area (Å²) < 4.78 is 0. The Balaban J connectivity index is 2.05. The molecule has 1 aliphatic rings. The molecule has 0 spiro atoms. The summed E-state index contributed by atoms with van der Waals surface area (Å²) in [6.07, 6.45) is 7.01. The van der Waals surface area contributed by atoms with Crippen LogP contribution < -0.4 is 0 Å². The molecule has 1 fully saturated rings. The van der Waals surface area contributed by atoms with E-state index in [2.05, 4.69) is 9.97 Å². The maximum absolute atomic E-state index is 12.8. The van der Waals surface area contributed by atoms with Crippen LogP contribution in [0.4, 0.5) is 0 Å². The number of nitrogens with zero attached hydrogens (tertiary/aromatic N) is 4. The number of hydrogen-bond acceptors (Lipinski definition) is 6. The fourth-order valence-corrected chi connectivity index (χ4v) is 3.23. The minimum atomic E-state index is -0.670. The number of rotatable bonds is 6. The molecule has 1 amide bonds. The number of Topliss-reactive ketones (excluding diaryl/α,β-unsaturated/α-hetero) is 1. The Labute approximate surface area is 158 Å². The molecular weight excluding hydrogens is 344 g/mol. The normalized spacial score (nSPS) is 19.1. The number of amides is 1. The van der Waals surface area contributed by atoms with E-state index in [1.54, 1.807) is 36.7 Å². The van der Waals surface area contributed by atoms with Gasteiger partial charge in [0, 0.05) is 36.9 Å². The molecule has 1 aliphatic heterocycles. The number of pyridine rings is 2. The zero-order valence-corrected chi connectivity index (χ0v) is 15.4. The average molecular weight is 366 g/mol. The maximum atomic E-state index is 12.8. The third-order valence-corrected chi connectivity index (χ3v) is 4.52. The first-order chi connectivity index (χ1) is 13.0. The largest absolute Gasteiger partial charge is 0.507 e. The Morgan fingerprint density at radius 3 is 2.26 bits per heavy atom. The van der Waals surface area contributed by atoms with Gasteiger partial charge in [-0.25, -0.2) is 0 Å². The van der Waals surface area contributed by atoms with Crippen molar-refractivity contribution in [1.29, 1.82) is 0 Å². The van der Waals surface area contributed by atoms with Crippen molar-refractivity contribution in [1.82, 2.24) is 19.8 Å². The van der Waals surface area contributed by atoms with Crippen LogP contribution in [0.25, 0.3) is 5.76 Å². The highest BCUT2D eigenvalue weighted by Crippen LogP contribution is 2.39. The van der Waals surface area contributed by atoms with Crippen molar-refractivity contribution in [3.8, 4) is 0 Å². The summed E-state index contributed by atoms with van der Waals surface area (Å²) in [6, 6.07) is 6.10. The predicted octanol–water partition coefficient (Wildman–Crippen LogP) is 1.85. The van der Waals surface area contributed by atoms with E-state index in [-0.39, 0.29) is 11.3 Å². The van der Waals surface area contributed by atoms with E-state index in [0.717, 1.165) is 18.5 Å². The van der Waals surface area contributed by atoms with Crippen molar-refractivity contribution in [2.75, 3.05) is 27.2 Å². The number of carbonyl (C=O) groups is 2. The van der Waals surface area contributed by atoms with Gasteiger partial charge in [-0.3, -0.25) is 19.6 Å². The van der Waals surface area contributed by atoms with Gasteiger partial charge in [0.1, 0.15) is 5.76 Å². The SMILES string of the molecule is CN(C)CCCN1C(=O)C(=O)/C(=C(\O)c2ccncc2)C1c1ccncc1. The minimum Gasteiger partial charge on any atom is -0.507 e. The van der Waals surface area contributed by atoms with E-state index in [1.807, 2.05) is 19.0 Å². The summed E-state index contributed by atoms with van der Waals surface area (Å²) in [5, 5.41) is 10.8. The molecule has 1 unspecified atom stereocenters. The van der Waals surface area contributed by atoms with Crippen molar-refractivity contribution >= 4 is 17.4 Å². The third kappa shape index (κ3) is 3.88. The first kappa shape index (κ1) is 18.7. The van der Waals surface area contributed by atoms with Gasteiger partial charge in [-0.05, 0) is 56.9 Å². The Kier molecular flexibility index (Phi) is 5.61. The van der Waals surface area contributed by atoms with Crippen molar-refractivity contribution in [2.45, 2.75) is 12.5 Å². The third-order valence-electron chi connectivity index (χ3n) is 4.52. The van der Waals surface area contributed by atoms with Crippen LogP contribution in [0, 0.1) is 0 Å². The van der Waals surface area contributed by atoms with Crippen molar-refractivity contribution in [3.63, 3.8) is 0 Å². The van der Waals surface area contributed by atoms with Crippen LogP contribution in [0.3, 0.4) is 0 Å². The molecule has 2 aromatic heterocycles. The Morgan fingerprint density at radius 2 is 1.67 bits per heavy atom. The van der Waals surface area contributed by atoms with Gasteiger partial charge in [-0.1, -0.05) is 0 Å². The highest BCUT2D eigenvalue weighted by Gasteiger charge is 2.45. The van der Waals surface area contributed by atoms with Gasteiger partial charge in [0.2, 0.25) is 0 Å². The zero-order valence-electron chi connectivity index (χ0n) is 15.4. The molecule has 0 radical (unpaired) electrons. The van der Waals surface area contributed by atoms with Gasteiger partial charge in [0.25, 0.3) is 11.7 Å². The second-order valence-corrected chi connectivity index (χ2v) is 6.67. The molecule has 1 N–H and O–H groups in total. The van der Waals surface area contributed by atoms with Gasteiger partial charge in [-0.2, -0.15) is 0 Å². The fraction of sp³-hybridized carbons (Fsp3) is 0.300. The smallest absolute Gasteiger partial charge is 0.295 e. The van der Waals surface area contributed by atoms with Gasteiger partial charge < -0.3 is 14.9 Å². The Morgan fingerprint density at radius 1 is 1.07 bits per heavy atom. The Bertz CT molecular complexity index is 850. The monoisotopic (exact) mass is 366 g/mol. The lowest BCUT2D eigenvalue weighted by Crippen LogP contribution is -2.32. The number of ketones is 1. The van der Waals surface area contributed by atoms with Crippen LogP contribution >= 0.6 is 0 Å². The Hall–Kier alpha value is -3.06. The highest BCUT2D eigenvalue weighted by atomic mass is 16.3. The topological polar surface area (TPSA) is 86.6 Å². The van der Waals surface area contributed by atoms with Gasteiger partial charge in [-0.15, -0.1) is 0 Å². The lowest BCUT2D eigenvalue weighted by atomic mass is 9.96. The zero-order chi connectivity index (χ0) is 19.4. The van der Waals surface area contributed by atoms with E-state index in [9.17, 15) is 14.7 Å². The first-order valence-corrected chi connectivity index (χ1v) is 8.74. The molecule has 140 valence electrons. The molecule has 7 heteroatoms. The molecular formula is C20H22N4O3. The standard InChI is InChI=1S/C20H22N4O3/c1-23(2)12-3-13-24-17(14-4-8-21-9-5-14)16(19(26)20(24)27)18(25)15-6-10-22-11-7-15/h4-11,17,25H,3,12-13H2,1-2H3/b18-16-. The maximum Gasteiger partial charge on any atom is 0.295 e. The summed E-state index contributed by atoms with van der Waals surface area (Å²) in [7, 11) is 3.91. The molecule has 27 heavy (non-hydrogen) atoms. The van der Waals surface area contributed by atoms with Crippen LogP contribution in [0.2, 0.25) is 0 Å². The van der Waals surface area contributed by atoms with Crippen molar-refractivity contribution in [3.05, 3.63) is 65.8 Å². The molecule has 7 nitrogen and oxygen atoms in total. The fourth-order valence-electron chi connectivity index (χ4n) is 3.23.